The van der Waals surface area contributed by atoms with E-state index in [0.29, 0.717) is 5.56 Å². The molecule has 2 rings (SSSR count). The second-order valence-corrected chi connectivity index (χ2v) is 6.24. The van der Waals surface area contributed by atoms with E-state index < -0.39 is 0 Å². The van der Waals surface area contributed by atoms with E-state index in [9.17, 15) is 4.79 Å². The molecule has 0 heterocycles. The van der Waals surface area contributed by atoms with E-state index in [2.05, 4.69) is 21.2 Å². The van der Waals surface area contributed by atoms with Crippen molar-refractivity contribution in [2.75, 3.05) is 5.32 Å². The molecule has 20 heavy (non-hydrogen) atoms. The third-order valence-electron chi connectivity index (χ3n) is 2.94. The summed E-state index contributed by atoms with van der Waals surface area (Å²) in [5, 5.41) is 2.76. The summed E-state index contributed by atoms with van der Waals surface area (Å²) in [6.07, 6.45) is 0. The molecule has 1 unspecified atom stereocenters. The molecule has 0 saturated heterocycles. The van der Waals surface area contributed by atoms with Gasteiger partial charge >= 0.3 is 0 Å². The minimum atomic E-state index is -0.157. The molecule has 1 atom stereocenters. The zero-order valence-electron chi connectivity index (χ0n) is 11.3. The van der Waals surface area contributed by atoms with Gasteiger partial charge in [-0.15, -0.1) is 11.6 Å². The Morgan fingerprint density at radius 2 is 1.95 bits per heavy atom. The highest BCUT2D eigenvalue weighted by Gasteiger charge is 2.12. The first-order valence-electron chi connectivity index (χ1n) is 6.29. The molecule has 0 aliphatic heterocycles. The van der Waals surface area contributed by atoms with E-state index >= 15 is 0 Å². The maximum atomic E-state index is 12.3. The molecule has 4 heteroatoms. The van der Waals surface area contributed by atoms with Crippen LogP contribution in [0.2, 0.25) is 0 Å². The molecule has 2 aromatic carbocycles. The standard InChI is InChI=1S/C16H15BrClNO/c1-10-7-12(9-13(17)8-10)16(20)19-15-6-4-3-5-14(15)11(2)18/h3-9,11H,1-2H3,(H,19,20). The molecule has 0 spiro atoms. The number of carbonyl (C=O) groups is 1. The van der Waals surface area contributed by atoms with Crippen molar-refractivity contribution >= 4 is 39.1 Å². The van der Waals surface area contributed by atoms with Gasteiger partial charge in [0.25, 0.3) is 5.91 Å². The van der Waals surface area contributed by atoms with Crippen LogP contribution in [0.15, 0.2) is 46.9 Å². The van der Waals surface area contributed by atoms with E-state index in [1.807, 2.05) is 50.2 Å². The van der Waals surface area contributed by atoms with E-state index in [1.54, 1.807) is 6.07 Å². The summed E-state index contributed by atoms with van der Waals surface area (Å²) in [6.45, 7) is 3.84. The van der Waals surface area contributed by atoms with Gasteiger partial charge < -0.3 is 5.32 Å². The second-order valence-electron chi connectivity index (χ2n) is 4.67. The van der Waals surface area contributed by atoms with E-state index in [0.717, 1.165) is 21.3 Å². The van der Waals surface area contributed by atoms with Crippen molar-refractivity contribution < 1.29 is 4.79 Å². The first kappa shape index (κ1) is 15.1. The lowest BCUT2D eigenvalue weighted by Gasteiger charge is -2.13. The smallest absolute Gasteiger partial charge is 0.255 e. The zero-order chi connectivity index (χ0) is 14.7. The predicted octanol–water partition coefficient (Wildman–Crippen LogP) is 5.31. The average Bonchev–Trinajstić information content (AvgIpc) is 2.37. The minimum Gasteiger partial charge on any atom is -0.322 e. The van der Waals surface area contributed by atoms with Crippen molar-refractivity contribution in [2.45, 2.75) is 19.2 Å². The third kappa shape index (κ3) is 3.62. The fraction of sp³-hybridized carbons (Fsp3) is 0.188. The van der Waals surface area contributed by atoms with Gasteiger partial charge in [-0.05, 0) is 49.2 Å². The summed E-state index contributed by atoms with van der Waals surface area (Å²) in [5.41, 5.74) is 3.31. The summed E-state index contributed by atoms with van der Waals surface area (Å²) in [5.74, 6) is -0.140. The number of anilines is 1. The topological polar surface area (TPSA) is 29.1 Å². The van der Waals surface area contributed by atoms with Gasteiger partial charge in [0, 0.05) is 15.7 Å². The van der Waals surface area contributed by atoms with Crippen LogP contribution >= 0.6 is 27.5 Å². The van der Waals surface area contributed by atoms with E-state index in [4.69, 9.17) is 11.6 Å². The van der Waals surface area contributed by atoms with Gasteiger partial charge in [0.2, 0.25) is 0 Å². The average molecular weight is 353 g/mol. The maximum absolute atomic E-state index is 12.3. The van der Waals surface area contributed by atoms with Crippen LogP contribution in [0.5, 0.6) is 0 Å². The van der Waals surface area contributed by atoms with Crippen LogP contribution in [0, 0.1) is 6.92 Å². The van der Waals surface area contributed by atoms with Crippen molar-refractivity contribution in [2.24, 2.45) is 0 Å². The minimum absolute atomic E-state index is 0.140. The van der Waals surface area contributed by atoms with Crippen LogP contribution in [-0.2, 0) is 0 Å². The first-order chi connectivity index (χ1) is 9.47. The molecule has 0 aliphatic carbocycles. The van der Waals surface area contributed by atoms with Gasteiger partial charge in [-0.1, -0.05) is 34.1 Å². The largest absolute Gasteiger partial charge is 0.322 e. The molecule has 0 bridgehead atoms. The highest BCUT2D eigenvalue weighted by molar-refractivity contribution is 9.10. The number of amides is 1. The third-order valence-corrected chi connectivity index (χ3v) is 3.63. The van der Waals surface area contributed by atoms with Crippen LogP contribution in [0.3, 0.4) is 0 Å². The molecular weight excluding hydrogens is 338 g/mol. The van der Waals surface area contributed by atoms with E-state index in [-0.39, 0.29) is 11.3 Å². The Balaban J connectivity index is 2.28. The molecular formula is C16H15BrClNO. The zero-order valence-corrected chi connectivity index (χ0v) is 13.6. The maximum Gasteiger partial charge on any atom is 0.255 e. The molecule has 0 aliphatic rings. The predicted molar refractivity (Wildman–Crippen MR) is 87.5 cm³/mol. The van der Waals surface area contributed by atoms with Crippen LogP contribution in [-0.4, -0.2) is 5.91 Å². The lowest BCUT2D eigenvalue weighted by Crippen LogP contribution is -2.13. The highest BCUT2D eigenvalue weighted by Crippen LogP contribution is 2.27. The number of halogens is 2. The molecule has 0 aromatic heterocycles. The van der Waals surface area contributed by atoms with Crippen molar-refractivity contribution in [1.82, 2.24) is 0 Å². The number of hydrogen-bond acceptors (Lipinski definition) is 1. The number of aryl methyl sites for hydroxylation is 1. The monoisotopic (exact) mass is 351 g/mol. The molecule has 0 fully saturated rings. The highest BCUT2D eigenvalue weighted by atomic mass is 79.9. The van der Waals surface area contributed by atoms with Gasteiger partial charge in [-0.25, -0.2) is 0 Å². The van der Waals surface area contributed by atoms with Crippen LogP contribution in [0.4, 0.5) is 5.69 Å². The molecule has 0 saturated carbocycles. The van der Waals surface area contributed by atoms with Crippen molar-refractivity contribution in [3.8, 4) is 0 Å². The van der Waals surface area contributed by atoms with Crippen LogP contribution < -0.4 is 5.32 Å². The normalized spacial score (nSPS) is 12.0. The number of carbonyl (C=O) groups excluding carboxylic acids is 1. The second kappa shape index (κ2) is 6.42. The molecule has 1 amide bonds. The molecule has 1 N–H and O–H groups in total. The fourth-order valence-corrected chi connectivity index (χ4v) is 2.82. The Morgan fingerprint density at radius 1 is 1.25 bits per heavy atom. The number of nitrogens with one attached hydrogen (secondary N) is 1. The van der Waals surface area contributed by atoms with Crippen molar-refractivity contribution in [3.05, 3.63) is 63.6 Å². The summed E-state index contributed by atoms with van der Waals surface area (Å²) >= 11 is 9.53. The Labute approximate surface area is 132 Å². The van der Waals surface area contributed by atoms with Gasteiger partial charge in [-0.2, -0.15) is 0 Å². The van der Waals surface area contributed by atoms with Gasteiger partial charge in [0.05, 0.1) is 5.38 Å². The molecule has 104 valence electrons. The van der Waals surface area contributed by atoms with Crippen LogP contribution in [0.1, 0.15) is 33.8 Å². The number of para-hydroxylation sites is 1. The molecule has 2 nitrogen and oxygen atoms in total. The lowest BCUT2D eigenvalue weighted by atomic mass is 10.1. The number of benzene rings is 2. The number of hydrogen-bond donors (Lipinski definition) is 1. The molecule has 2 aromatic rings. The summed E-state index contributed by atoms with van der Waals surface area (Å²) < 4.78 is 0.890. The van der Waals surface area contributed by atoms with Gasteiger partial charge in [0.15, 0.2) is 0 Å². The number of rotatable bonds is 3. The Morgan fingerprint density at radius 3 is 2.60 bits per heavy atom. The van der Waals surface area contributed by atoms with Crippen LogP contribution in [0.25, 0.3) is 0 Å². The van der Waals surface area contributed by atoms with Crippen molar-refractivity contribution in [3.63, 3.8) is 0 Å². The van der Waals surface area contributed by atoms with E-state index in [1.165, 1.54) is 0 Å². The Kier molecular flexibility index (Phi) is 4.84. The summed E-state index contributed by atoms with van der Waals surface area (Å²) in [6, 6.07) is 13.2. The fourth-order valence-electron chi connectivity index (χ4n) is 2.02. The van der Waals surface area contributed by atoms with Crippen molar-refractivity contribution in [1.29, 1.82) is 0 Å². The lowest BCUT2D eigenvalue weighted by molar-refractivity contribution is 0.102. The summed E-state index contributed by atoms with van der Waals surface area (Å²) in [7, 11) is 0. The quantitative estimate of drug-likeness (QED) is 0.745. The molecule has 0 radical (unpaired) electrons. The number of alkyl halides is 1. The van der Waals surface area contributed by atoms with Gasteiger partial charge in [0.1, 0.15) is 0 Å². The Hall–Kier alpha value is -1.32. The summed E-state index contributed by atoms with van der Waals surface area (Å²) in [4.78, 5) is 12.3. The Bertz CT molecular complexity index is 620. The SMILES string of the molecule is Cc1cc(Br)cc(C(=O)Nc2ccccc2C(C)Cl)c1. The first-order valence-corrected chi connectivity index (χ1v) is 7.52. The van der Waals surface area contributed by atoms with Gasteiger partial charge in [-0.3, -0.25) is 4.79 Å².